The largest absolute Gasteiger partial charge is 0.264 e. The minimum absolute atomic E-state index is 0.236. The fourth-order valence-corrected chi connectivity index (χ4v) is 5.06. The molecule has 2 heterocycles. The van der Waals surface area contributed by atoms with Gasteiger partial charge in [-0.2, -0.15) is 0 Å². The fraction of sp³-hybridized carbons (Fsp3) is 0.133. The summed E-state index contributed by atoms with van der Waals surface area (Å²) >= 11 is 1.50. The van der Waals surface area contributed by atoms with Crippen molar-refractivity contribution >= 4 is 31.4 Å². The van der Waals surface area contributed by atoms with Gasteiger partial charge in [0, 0.05) is 33.9 Å². The van der Waals surface area contributed by atoms with Gasteiger partial charge in [-0.1, -0.05) is 24.3 Å². The molecule has 4 nitrogen and oxygen atoms in total. The van der Waals surface area contributed by atoms with Gasteiger partial charge < -0.3 is 0 Å². The van der Waals surface area contributed by atoms with Gasteiger partial charge in [-0.3, -0.25) is 4.98 Å². The number of thiophene rings is 1. The van der Waals surface area contributed by atoms with Crippen LogP contribution in [-0.2, 0) is 16.6 Å². The molecule has 0 aliphatic heterocycles. The maximum absolute atomic E-state index is 12.6. The summed E-state index contributed by atoms with van der Waals surface area (Å²) in [5.74, 6) is 0. The Kier molecular flexibility index (Phi) is 3.75. The number of hydrogen-bond donors (Lipinski definition) is 1. The molecule has 1 N–H and O–H groups in total. The predicted molar refractivity (Wildman–Crippen MR) is 84.8 cm³/mol. The molecule has 0 aliphatic carbocycles. The maximum Gasteiger partial charge on any atom is 0.242 e. The van der Waals surface area contributed by atoms with E-state index in [-0.39, 0.29) is 6.54 Å². The van der Waals surface area contributed by atoms with Crippen LogP contribution in [0.25, 0.3) is 10.1 Å². The molecule has 0 spiro atoms. The van der Waals surface area contributed by atoms with Gasteiger partial charge in [0.1, 0.15) is 4.90 Å². The first-order valence-corrected chi connectivity index (χ1v) is 8.74. The molecule has 0 atom stereocenters. The minimum atomic E-state index is -3.54. The van der Waals surface area contributed by atoms with Gasteiger partial charge in [0.05, 0.1) is 0 Å². The molecule has 0 amide bonds. The van der Waals surface area contributed by atoms with E-state index in [1.165, 1.54) is 11.3 Å². The molecule has 6 heteroatoms. The summed E-state index contributed by atoms with van der Waals surface area (Å²) in [5, 5.41) is 0.777. The topological polar surface area (TPSA) is 59.1 Å². The van der Waals surface area contributed by atoms with Crippen LogP contribution in [0.1, 0.15) is 10.4 Å². The van der Waals surface area contributed by atoms with Crippen molar-refractivity contribution in [3.8, 4) is 0 Å². The van der Waals surface area contributed by atoms with E-state index < -0.39 is 10.0 Å². The molecule has 0 saturated carbocycles. The molecular weight excluding hydrogens is 304 g/mol. The number of pyridine rings is 1. The third kappa shape index (κ3) is 2.83. The Balaban J connectivity index is 1.95. The SMILES string of the molecule is Cc1sc2ccccc2c1S(=O)(=O)NCc1cccnc1. The van der Waals surface area contributed by atoms with Crippen LogP contribution in [0.2, 0.25) is 0 Å². The zero-order chi connectivity index (χ0) is 14.9. The Morgan fingerprint density at radius 3 is 2.76 bits per heavy atom. The summed E-state index contributed by atoms with van der Waals surface area (Å²) in [6, 6.07) is 11.2. The number of benzene rings is 1. The van der Waals surface area contributed by atoms with E-state index in [4.69, 9.17) is 0 Å². The highest BCUT2D eigenvalue weighted by Crippen LogP contribution is 2.33. The monoisotopic (exact) mass is 318 g/mol. The summed E-state index contributed by atoms with van der Waals surface area (Å²) in [6.45, 7) is 2.07. The molecular formula is C15H14N2O2S2. The van der Waals surface area contributed by atoms with Gasteiger partial charge in [-0.25, -0.2) is 13.1 Å². The van der Waals surface area contributed by atoms with Gasteiger partial charge in [-0.05, 0) is 24.6 Å². The zero-order valence-electron chi connectivity index (χ0n) is 11.4. The van der Waals surface area contributed by atoms with Crippen LogP contribution in [0, 0.1) is 6.92 Å². The van der Waals surface area contributed by atoms with Crippen molar-refractivity contribution < 1.29 is 8.42 Å². The van der Waals surface area contributed by atoms with E-state index in [1.807, 2.05) is 37.3 Å². The van der Waals surface area contributed by atoms with Gasteiger partial charge in [-0.15, -0.1) is 11.3 Å². The number of hydrogen-bond acceptors (Lipinski definition) is 4. The molecule has 0 radical (unpaired) electrons. The number of fused-ring (bicyclic) bond motifs is 1. The maximum atomic E-state index is 12.6. The molecule has 0 fully saturated rings. The quantitative estimate of drug-likeness (QED) is 0.804. The first kappa shape index (κ1) is 14.2. The average molecular weight is 318 g/mol. The number of rotatable bonds is 4. The van der Waals surface area contributed by atoms with Gasteiger partial charge in [0.15, 0.2) is 0 Å². The van der Waals surface area contributed by atoms with Crippen LogP contribution in [0.5, 0.6) is 0 Å². The highest BCUT2D eigenvalue weighted by atomic mass is 32.2. The predicted octanol–water partition coefficient (Wildman–Crippen LogP) is 3.08. The molecule has 1 aromatic carbocycles. The van der Waals surface area contributed by atoms with Crippen molar-refractivity contribution in [3.05, 3.63) is 59.2 Å². The van der Waals surface area contributed by atoms with Crippen molar-refractivity contribution in [1.82, 2.24) is 9.71 Å². The number of aryl methyl sites for hydroxylation is 1. The first-order valence-electron chi connectivity index (χ1n) is 6.44. The molecule has 21 heavy (non-hydrogen) atoms. The van der Waals surface area contributed by atoms with Crippen LogP contribution in [0.15, 0.2) is 53.7 Å². The molecule has 0 saturated heterocycles. The molecule has 0 aliphatic rings. The standard InChI is InChI=1S/C15H14N2O2S2/c1-11-15(13-6-2-3-7-14(13)20-11)21(18,19)17-10-12-5-4-8-16-9-12/h2-9,17H,10H2,1H3. The molecule has 2 aromatic heterocycles. The summed E-state index contributed by atoms with van der Waals surface area (Å²) in [5.41, 5.74) is 0.832. The second-order valence-corrected chi connectivity index (χ2v) is 7.63. The Bertz CT molecular complexity index is 871. The van der Waals surface area contributed by atoms with Crippen molar-refractivity contribution in [3.63, 3.8) is 0 Å². The third-order valence-corrected chi connectivity index (χ3v) is 5.98. The number of sulfonamides is 1. The smallest absolute Gasteiger partial charge is 0.242 e. The van der Waals surface area contributed by atoms with Crippen LogP contribution in [-0.4, -0.2) is 13.4 Å². The van der Waals surface area contributed by atoms with E-state index in [0.717, 1.165) is 20.5 Å². The number of nitrogens with one attached hydrogen (secondary N) is 1. The van der Waals surface area contributed by atoms with Crippen LogP contribution < -0.4 is 4.72 Å². The van der Waals surface area contributed by atoms with Gasteiger partial charge >= 0.3 is 0 Å². The molecule has 0 unspecified atom stereocenters. The highest BCUT2D eigenvalue weighted by molar-refractivity contribution is 7.90. The highest BCUT2D eigenvalue weighted by Gasteiger charge is 2.22. The normalized spacial score (nSPS) is 11.9. The summed E-state index contributed by atoms with van der Waals surface area (Å²) in [6.07, 6.45) is 3.32. The van der Waals surface area contributed by atoms with E-state index in [2.05, 4.69) is 9.71 Å². The lowest BCUT2D eigenvalue weighted by molar-refractivity contribution is 0.582. The summed E-state index contributed by atoms with van der Waals surface area (Å²) in [7, 11) is -3.54. The molecule has 3 rings (SSSR count). The third-order valence-electron chi connectivity index (χ3n) is 3.17. The van der Waals surface area contributed by atoms with Crippen molar-refractivity contribution in [1.29, 1.82) is 0 Å². The van der Waals surface area contributed by atoms with E-state index in [9.17, 15) is 8.42 Å². The minimum Gasteiger partial charge on any atom is -0.264 e. The molecule has 3 aromatic rings. The summed E-state index contributed by atoms with van der Waals surface area (Å²) < 4.78 is 28.8. The fourth-order valence-electron chi connectivity index (χ4n) is 2.23. The van der Waals surface area contributed by atoms with Crippen LogP contribution >= 0.6 is 11.3 Å². The molecule has 108 valence electrons. The lowest BCUT2D eigenvalue weighted by Gasteiger charge is -2.07. The van der Waals surface area contributed by atoms with Crippen molar-refractivity contribution in [2.24, 2.45) is 0 Å². The average Bonchev–Trinajstić information content (AvgIpc) is 2.83. The van der Waals surface area contributed by atoms with E-state index in [0.29, 0.717) is 4.90 Å². The number of aromatic nitrogens is 1. The van der Waals surface area contributed by atoms with Crippen LogP contribution in [0.3, 0.4) is 0 Å². The van der Waals surface area contributed by atoms with Crippen LogP contribution in [0.4, 0.5) is 0 Å². The second-order valence-electron chi connectivity index (χ2n) is 4.67. The zero-order valence-corrected chi connectivity index (χ0v) is 13.0. The Morgan fingerprint density at radius 1 is 1.19 bits per heavy atom. The molecule has 0 bridgehead atoms. The second kappa shape index (κ2) is 5.55. The lowest BCUT2D eigenvalue weighted by atomic mass is 10.2. The van der Waals surface area contributed by atoms with Gasteiger partial charge in [0.25, 0.3) is 0 Å². The number of nitrogens with zero attached hydrogens (tertiary/aromatic N) is 1. The van der Waals surface area contributed by atoms with Gasteiger partial charge in [0.2, 0.25) is 10.0 Å². The Hall–Kier alpha value is -1.76. The lowest BCUT2D eigenvalue weighted by Crippen LogP contribution is -2.23. The Morgan fingerprint density at radius 2 is 2.00 bits per heavy atom. The summed E-state index contributed by atoms with van der Waals surface area (Å²) in [4.78, 5) is 5.17. The van der Waals surface area contributed by atoms with Crippen molar-refractivity contribution in [2.45, 2.75) is 18.4 Å². The van der Waals surface area contributed by atoms with Crippen molar-refractivity contribution in [2.75, 3.05) is 0 Å². The van der Waals surface area contributed by atoms with E-state index in [1.54, 1.807) is 18.5 Å². The Labute approximate surface area is 127 Å². The van der Waals surface area contributed by atoms with E-state index >= 15 is 0 Å². The first-order chi connectivity index (χ1) is 10.1.